The Kier molecular flexibility index (Phi) is 5.46. The lowest BCUT2D eigenvalue weighted by Crippen LogP contribution is -2.08. The Morgan fingerprint density at radius 2 is 1.96 bits per heavy atom. The van der Waals surface area contributed by atoms with E-state index in [1.807, 2.05) is 13.8 Å². The van der Waals surface area contributed by atoms with Crippen molar-refractivity contribution in [2.75, 3.05) is 12.4 Å². The van der Waals surface area contributed by atoms with Crippen LogP contribution in [0, 0.1) is 0 Å². The monoisotopic (exact) mass is 412 g/mol. The summed E-state index contributed by atoms with van der Waals surface area (Å²) >= 11 is 6.14. The molecule has 2 aromatic heterocycles. The minimum atomic E-state index is -4.59. The van der Waals surface area contributed by atoms with Crippen LogP contribution in [-0.2, 0) is 6.18 Å². The maximum Gasteiger partial charge on any atom is 0.417 e. The average Bonchev–Trinajstić information content (AvgIpc) is 3.12. The predicted octanol–water partition coefficient (Wildman–Crippen LogP) is 5.30. The van der Waals surface area contributed by atoms with Gasteiger partial charge < -0.3 is 14.6 Å². The highest BCUT2D eigenvalue weighted by atomic mass is 35.5. The van der Waals surface area contributed by atoms with Crippen LogP contribution in [0.15, 0.2) is 35.0 Å². The smallest absolute Gasteiger partial charge is 0.417 e. The number of hydrogen-bond acceptors (Lipinski definition) is 6. The number of hydrogen-bond donors (Lipinski definition) is 1. The van der Waals surface area contributed by atoms with Crippen LogP contribution in [0.5, 0.6) is 5.88 Å². The summed E-state index contributed by atoms with van der Waals surface area (Å²) in [5.74, 6) is 0.0427. The largest absolute Gasteiger partial charge is 0.474 e. The van der Waals surface area contributed by atoms with Gasteiger partial charge in [-0.25, -0.2) is 4.98 Å². The highest BCUT2D eigenvalue weighted by molar-refractivity contribution is 6.32. The van der Waals surface area contributed by atoms with Crippen molar-refractivity contribution in [1.29, 1.82) is 0 Å². The number of rotatable bonds is 5. The number of benzene rings is 1. The lowest BCUT2D eigenvalue weighted by molar-refractivity contribution is -0.137. The van der Waals surface area contributed by atoms with Crippen LogP contribution in [0.25, 0.3) is 22.8 Å². The summed E-state index contributed by atoms with van der Waals surface area (Å²) in [5, 5.41) is 6.65. The lowest BCUT2D eigenvalue weighted by Gasteiger charge is -2.12. The van der Waals surface area contributed by atoms with E-state index in [0.29, 0.717) is 11.3 Å². The number of nitrogens with one attached hydrogen (secondary N) is 1. The van der Waals surface area contributed by atoms with Crippen LogP contribution in [-0.4, -0.2) is 28.3 Å². The quantitative estimate of drug-likeness (QED) is 0.613. The van der Waals surface area contributed by atoms with Crippen molar-refractivity contribution in [2.24, 2.45) is 0 Å². The second-order valence-corrected chi connectivity index (χ2v) is 6.52. The van der Waals surface area contributed by atoms with E-state index in [1.54, 1.807) is 0 Å². The fourth-order valence-corrected chi connectivity index (χ4v) is 2.64. The molecule has 2 heterocycles. The van der Waals surface area contributed by atoms with E-state index in [9.17, 15) is 13.2 Å². The molecule has 3 rings (SSSR count). The second kappa shape index (κ2) is 7.67. The van der Waals surface area contributed by atoms with Crippen molar-refractivity contribution in [1.82, 2.24) is 15.1 Å². The maximum absolute atomic E-state index is 13.4. The van der Waals surface area contributed by atoms with Crippen molar-refractivity contribution in [3.63, 3.8) is 0 Å². The molecule has 0 amide bonds. The van der Waals surface area contributed by atoms with Gasteiger partial charge >= 0.3 is 6.18 Å². The molecule has 0 spiro atoms. The molecule has 3 aromatic rings. The molecule has 0 saturated carbocycles. The number of aromatic nitrogens is 3. The molecule has 0 saturated heterocycles. The van der Waals surface area contributed by atoms with E-state index in [4.69, 9.17) is 20.9 Å². The minimum absolute atomic E-state index is 0.0614. The van der Waals surface area contributed by atoms with Gasteiger partial charge in [0.1, 0.15) is 5.02 Å². The van der Waals surface area contributed by atoms with Gasteiger partial charge in [0.15, 0.2) is 0 Å². The number of ether oxygens (including phenoxy) is 1. The first kappa shape index (κ1) is 19.9. The third-order valence-corrected chi connectivity index (χ3v) is 3.95. The van der Waals surface area contributed by atoms with Crippen LogP contribution >= 0.6 is 11.6 Å². The Hall–Kier alpha value is -2.81. The van der Waals surface area contributed by atoms with E-state index in [0.717, 1.165) is 6.07 Å². The third-order valence-electron chi connectivity index (χ3n) is 3.68. The minimum Gasteiger partial charge on any atom is -0.474 e. The van der Waals surface area contributed by atoms with E-state index in [1.165, 1.54) is 31.4 Å². The zero-order valence-electron chi connectivity index (χ0n) is 15.1. The summed E-state index contributed by atoms with van der Waals surface area (Å²) in [4.78, 5) is 8.17. The molecule has 1 aromatic carbocycles. The van der Waals surface area contributed by atoms with E-state index in [2.05, 4.69) is 20.4 Å². The van der Waals surface area contributed by atoms with E-state index >= 15 is 0 Å². The first-order valence-corrected chi connectivity index (χ1v) is 8.62. The summed E-state index contributed by atoms with van der Waals surface area (Å²) in [6.45, 7) is 3.66. The normalized spacial score (nSPS) is 11.7. The fourth-order valence-electron chi connectivity index (χ4n) is 2.43. The van der Waals surface area contributed by atoms with E-state index in [-0.39, 0.29) is 34.3 Å². The van der Waals surface area contributed by atoms with Gasteiger partial charge in [-0.1, -0.05) is 16.8 Å². The summed E-state index contributed by atoms with van der Waals surface area (Å²) < 4.78 is 50.8. The summed E-state index contributed by atoms with van der Waals surface area (Å²) in [7, 11) is 1.53. The fraction of sp³-hybridized carbons (Fsp3) is 0.278. The van der Waals surface area contributed by atoms with Gasteiger partial charge in [0.2, 0.25) is 11.7 Å². The summed E-state index contributed by atoms with van der Waals surface area (Å²) in [5.41, 5.74) is -0.403. The van der Waals surface area contributed by atoms with Crippen molar-refractivity contribution >= 4 is 17.3 Å². The first-order valence-electron chi connectivity index (χ1n) is 8.24. The number of anilines is 1. The van der Waals surface area contributed by atoms with Crippen molar-refractivity contribution in [3.05, 3.63) is 41.0 Å². The Bertz CT molecular complexity index is 989. The van der Waals surface area contributed by atoms with Crippen LogP contribution in [0.2, 0.25) is 5.02 Å². The Labute approximate surface area is 163 Å². The highest BCUT2D eigenvalue weighted by Crippen LogP contribution is 2.38. The summed E-state index contributed by atoms with van der Waals surface area (Å²) in [6, 6.07) is 5.26. The molecule has 148 valence electrons. The van der Waals surface area contributed by atoms with Gasteiger partial charge in [0.25, 0.3) is 5.89 Å². The molecular weight excluding hydrogens is 397 g/mol. The molecule has 0 unspecified atom stereocenters. The molecule has 1 N–H and O–H groups in total. The Morgan fingerprint density at radius 3 is 2.57 bits per heavy atom. The molecule has 0 aliphatic rings. The van der Waals surface area contributed by atoms with Gasteiger partial charge in [-0.3, -0.25) is 0 Å². The molecule has 28 heavy (non-hydrogen) atoms. The van der Waals surface area contributed by atoms with Crippen LogP contribution in [0.4, 0.5) is 18.9 Å². The van der Waals surface area contributed by atoms with Crippen molar-refractivity contribution < 1.29 is 22.4 Å². The van der Waals surface area contributed by atoms with Crippen LogP contribution < -0.4 is 10.1 Å². The van der Waals surface area contributed by atoms with Crippen molar-refractivity contribution in [2.45, 2.75) is 26.1 Å². The van der Waals surface area contributed by atoms with Gasteiger partial charge in [0.05, 0.1) is 17.2 Å². The zero-order chi connectivity index (χ0) is 20.5. The molecule has 0 radical (unpaired) electrons. The molecular formula is C18H16ClF3N4O2. The zero-order valence-corrected chi connectivity index (χ0v) is 15.9. The second-order valence-electron chi connectivity index (χ2n) is 6.11. The Balaban J connectivity index is 1.98. The maximum atomic E-state index is 13.4. The number of pyridine rings is 1. The number of halogens is 4. The number of nitrogens with zero attached hydrogens (tertiary/aromatic N) is 3. The SMILES string of the molecule is CNc1ccc(-c2nc(-c3cnc(OC(C)C)c(Cl)c3)no2)c(C(F)(F)F)c1. The molecule has 0 atom stereocenters. The van der Waals surface area contributed by atoms with E-state index < -0.39 is 11.7 Å². The highest BCUT2D eigenvalue weighted by Gasteiger charge is 2.35. The standard InChI is InChI=1S/C18H16ClF3N4O2/c1-9(2)27-17-14(19)6-10(8-24-17)15-25-16(28-26-15)12-5-4-11(23-3)7-13(12)18(20,21)22/h4-9,23H,1-3H3. The van der Waals surface area contributed by atoms with Crippen molar-refractivity contribution in [3.8, 4) is 28.7 Å². The molecule has 0 fully saturated rings. The Morgan fingerprint density at radius 1 is 1.21 bits per heavy atom. The molecule has 0 aliphatic heterocycles. The predicted molar refractivity (Wildman–Crippen MR) is 98.3 cm³/mol. The molecule has 6 nitrogen and oxygen atoms in total. The lowest BCUT2D eigenvalue weighted by atomic mass is 10.1. The molecule has 10 heteroatoms. The van der Waals surface area contributed by atoms with Gasteiger partial charge in [-0.2, -0.15) is 18.2 Å². The van der Waals surface area contributed by atoms with Crippen LogP contribution in [0.3, 0.4) is 0 Å². The average molecular weight is 413 g/mol. The van der Waals surface area contributed by atoms with Gasteiger partial charge in [-0.15, -0.1) is 0 Å². The van der Waals surface area contributed by atoms with Crippen LogP contribution in [0.1, 0.15) is 19.4 Å². The topological polar surface area (TPSA) is 73.1 Å². The first-order chi connectivity index (χ1) is 13.2. The third kappa shape index (κ3) is 4.19. The summed E-state index contributed by atoms with van der Waals surface area (Å²) in [6.07, 6.45) is -3.29. The van der Waals surface area contributed by atoms with Gasteiger partial charge in [-0.05, 0) is 38.1 Å². The number of alkyl halides is 3. The van der Waals surface area contributed by atoms with Gasteiger partial charge in [0, 0.05) is 24.5 Å². The molecule has 0 aliphatic carbocycles. The molecule has 0 bridgehead atoms.